The first-order valence-corrected chi connectivity index (χ1v) is 12.3. The Kier molecular flexibility index (Phi) is 7.21. The maximum absolute atomic E-state index is 13.1. The lowest BCUT2D eigenvalue weighted by molar-refractivity contribution is -0.116. The van der Waals surface area contributed by atoms with Crippen LogP contribution >= 0.6 is 11.8 Å². The van der Waals surface area contributed by atoms with Crippen molar-refractivity contribution >= 4 is 45.0 Å². The second-order valence-electron chi connectivity index (χ2n) is 6.51. The Balaban J connectivity index is 1.89. The van der Waals surface area contributed by atoms with E-state index >= 15 is 0 Å². The fourth-order valence-electron chi connectivity index (χ4n) is 2.96. The summed E-state index contributed by atoms with van der Waals surface area (Å²) in [6.45, 7) is 1.53. The molecule has 3 aromatic rings. The number of hydrogen-bond donors (Lipinski definition) is 2. The van der Waals surface area contributed by atoms with Crippen LogP contribution in [0.15, 0.2) is 69.4 Å². The molecule has 1 heterocycles. The average Bonchev–Trinajstić information content (AvgIpc) is 3.10. The van der Waals surface area contributed by atoms with E-state index in [-0.39, 0.29) is 45.0 Å². The van der Waals surface area contributed by atoms with E-state index in [1.54, 1.807) is 49.6 Å². The molecule has 0 saturated heterocycles. The van der Waals surface area contributed by atoms with Crippen LogP contribution in [0.1, 0.15) is 17.3 Å². The van der Waals surface area contributed by atoms with Crippen molar-refractivity contribution in [2.24, 2.45) is 0 Å². The van der Waals surface area contributed by atoms with Crippen LogP contribution in [0.5, 0.6) is 0 Å². The number of nitrogens with two attached hydrogens (primary N) is 1. The molecular weight excluding hydrogens is 452 g/mol. The van der Waals surface area contributed by atoms with Gasteiger partial charge in [0.2, 0.25) is 15.7 Å². The van der Waals surface area contributed by atoms with Crippen molar-refractivity contribution in [1.82, 2.24) is 9.78 Å². The van der Waals surface area contributed by atoms with Crippen LogP contribution in [0.2, 0.25) is 0 Å². The van der Waals surface area contributed by atoms with E-state index in [2.05, 4.69) is 10.4 Å². The molecule has 168 valence electrons. The number of thioether (sulfide) groups is 1. The predicted octanol–water partition coefficient (Wildman–Crippen LogP) is 2.84. The van der Waals surface area contributed by atoms with Crippen molar-refractivity contribution in [3.8, 4) is 0 Å². The number of nitrogens with zero attached hydrogens (tertiary/aromatic N) is 2. The highest BCUT2D eigenvalue weighted by atomic mass is 32.2. The first kappa shape index (κ1) is 23.4. The SMILES string of the molecule is CCOC(=O)c1ccccc1NC(=O)Cn1nc(SC)c(S(=O)(=O)c2ccccc2)c1N. The molecule has 0 spiro atoms. The second-order valence-corrected chi connectivity index (χ2v) is 9.19. The van der Waals surface area contributed by atoms with Crippen molar-refractivity contribution < 1.29 is 22.7 Å². The molecule has 1 amide bonds. The Labute approximate surface area is 189 Å². The summed E-state index contributed by atoms with van der Waals surface area (Å²) in [5, 5.41) is 7.03. The highest BCUT2D eigenvalue weighted by Gasteiger charge is 2.29. The van der Waals surface area contributed by atoms with Gasteiger partial charge in [-0.3, -0.25) is 4.79 Å². The molecule has 1 aromatic heterocycles. The minimum atomic E-state index is -3.93. The summed E-state index contributed by atoms with van der Waals surface area (Å²) in [4.78, 5) is 24.7. The van der Waals surface area contributed by atoms with Gasteiger partial charge in [-0.1, -0.05) is 30.3 Å². The van der Waals surface area contributed by atoms with E-state index < -0.39 is 21.7 Å². The third kappa shape index (κ3) is 4.78. The monoisotopic (exact) mass is 474 g/mol. The van der Waals surface area contributed by atoms with Crippen LogP contribution in [-0.4, -0.2) is 42.9 Å². The predicted molar refractivity (Wildman–Crippen MR) is 121 cm³/mol. The van der Waals surface area contributed by atoms with Crippen molar-refractivity contribution in [1.29, 1.82) is 0 Å². The Morgan fingerprint density at radius 1 is 1.12 bits per heavy atom. The van der Waals surface area contributed by atoms with Gasteiger partial charge in [-0.2, -0.15) is 5.10 Å². The maximum Gasteiger partial charge on any atom is 0.340 e. The fourth-order valence-corrected chi connectivity index (χ4v) is 5.42. The summed E-state index contributed by atoms with van der Waals surface area (Å²) < 4.78 is 32.3. The molecule has 0 radical (unpaired) electrons. The first-order valence-electron chi connectivity index (χ1n) is 9.56. The number of carbonyl (C=O) groups is 2. The van der Waals surface area contributed by atoms with Crippen LogP contribution in [0.4, 0.5) is 11.5 Å². The summed E-state index contributed by atoms with van der Waals surface area (Å²) >= 11 is 1.11. The molecule has 9 nitrogen and oxygen atoms in total. The zero-order chi connectivity index (χ0) is 23.3. The highest BCUT2D eigenvalue weighted by Crippen LogP contribution is 2.33. The van der Waals surface area contributed by atoms with E-state index in [9.17, 15) is 18.0 Å². The number of sulfone groups is 1. The number of hydrogen-bond acceptors (Lipinski definition) is 8. The minimum absolute atomic E-state index is 0.0781. The van der Waals surface area contributed by atoms with Gasteiger partial charge in [0.15, 0.2) is 0 Å². The zero-order valence-electron chi connectivity index (χ0n) is 17.4. The number of esters is 1. The minimum Gasteiger partial charge on any atom is -0.462 e. The number of nitrogens with one attached hydrogen (secondary N) is 1. The van der Waals surface area contributed by atoms with Crippen LogP contribution in [0.3, 0.4) is 0 Å². The normalized spacial score (nSPS) is 11.2. The molecule has 0 atom stereocenters. The van der Waals surface area contributed by atoms with Crippen LogP contribution in [-0.2, 0) is 25.9 Å². The third-order valence-corrected chi connectivity index (χ3v) is 7.06. The van der Waals surface area contributed by atoms with Gasteiger partial charge in [-0.25, -0.2) is 17.9 Å². The number of benzene rings is 2. The standard InChI is InChI=1S/C21H22N4O5S2/c1-3-30-21(27)15-11-7-8-12-16(15)23-17(26)13-25-19(22)18(20(24-25)31-2)32(28,29)14-9-5-4-6-10-14/h4-12H,3,13,22H2,1-2H3,(H,23,26). The van der Waals surface area contributed by atoms with Crippen molar-refractivity contribution in [2.75, 3.05) is 23.9 Å². The lowest BCUT2D eigenvalue weighted by Crippen LogP contribution is -2.22. The average molecular weight is 475 g/mol. The number of anilines is 2. The molecule has 0 aliphatic carbocycles. The van der Waals surface area contributed by atoms with Crippen LogP contribution < -0.4 is 11.1 Å². The van der Waals surface area contributed by atoms with E-state index in [1.165, 1.54) is 18.2 Å². The van der Waals surface area contributed by atoms with Gasteiger partial charge in [0.05, 0.1) is 22.8 Å². The Morgan fingerprint density at radius 2 is 1.78 bits per heavy atom. The first-order chi connectivity index (χ1) is 15.3. The molecule has 3 N–H and O–H groups in total. The van der Waals surface area contributed by atoms with Crippen LogP contribution in [0.25, 0.3) is 0 Å². The van der Waals surface area contributed by atoms with Crippen molar-refractivity contribution in [2.45, 2.75) is 28.3 Å². The Morgan fingerprint density at radius 3 is 2.44 bits per heavy atom. The summed E-state index contributed by atoms with van der Waals surface area (Å²) in [6.07, 6.45) is 1.67. The van der Waals surface area contributed by atoms with E-state index in [4.69, 9.17) is 10.5 Å². The van der Waals surface area contributed by atoms with Gasteiger partial charge in [0.25, 0.3) is 0 Å². The lowest BCUT2D eigenvalue weighted by Gasteiger charge is -2.11. The smallest absolute Gasteiger partial charge is 0.340 e. The quantitative estimate of drug-likeness (QED) is 0.376. The molecule has 11 heteroatoms. The largest absolute Gasteiger partial charge is 0.462 e. The lowest BCUT2D eigenvalue weighted by atomic mass is 10.2. The van der Waals surface area contributed by atoms with E-state index in [1.807, 2.05) is 0 Å². The maximum atomic E-state index is 13.1. The summed E-state index contributed by atoms with van der Waals surface area (Å²) in [6, 6.07) is 14.3. The number of rotatable bonds is 8. The van der Waals surface area contributed by atoms with Crippen LogP contribution in [0, 0.1) is 0 Å². The molecule has 0 saturated carbocycles. The van der Waals surface area contributed by atoms with Crippen molar-refractivity contribution in [3.63, 3.8) is 0 Å². The van der Waals surface area contributed by atoms with E-state index in [0.717, 1.165) is 16.4 Å². The summed E-state index contributed by atoms with van der Waals surface area (Å²) in [5.74, 6) is -1.25. The third-order valence-electron chi connectivity index (χ3n) is 4.42. The number of carbonyl (C=O) groups excluding carboxylic acids is 2. The fraction of sp³-hybridized carbons (Fsp3) is 0.190. The Hall–Kier alpha value is -3.31. The molecule has 0 bridgehead atoms. The van der Waals surface area contributed by atoms with Gasteiger partial charge in [0.1, 0.15) is 22.3 Å². The van der Waals surface area contributed by atoms with Gasteiger partial charge in [-0.15, -0.1) is 11.8 Å². The summed E-state index contributed by atoms with van der Waals surface area (Å²) in [7, 11) is -3.93. The molecule has 0 aliphatic rings. The molecule has 0 unspecified atom stereocenters. The zero-order valence-corrected chi connectivity index (χ0v) is 19.1. The van der Waals surface area contributed by atoms with E-state index in [0.29, 0.717) is 0 Å². The van der Waals surface area contributed by atoms with Gasteiger partial charge >= 0.3 is 5.97 Å². The molecule has 3 rings (SSSR count). The van der Waals surface area contributed by atoms with Gasteiger partial charge in [0, 0.05) is 0 Å². The Bertz CT molecular complexity index is 1240. The number of ether oxygens (including phenoxy) is 1. The molecular formula is C21H22N4O5S2. The topological polar surface area (TPSA) is 133 Å². The second kappa shape index (κ2) is 9.88. The molecule has 0 fully saturated rings. The van der Waals surface area contributed by atoms with Gasteiger partial charge < -0.3 is 15.8 Å². The molecule has 0 aliphatic heterocycles. The van der Waals surface area contributed by atoms with Crippen molar-refractivity contribution in [3.05, 3.63) is 60.2 Å². The number of para-hydroxylation sites is 1. The molecule has 32 heavy (non-hydrogen) atoms. The number of amides is 1. The highest BCUT2D eigenvalue weighted by molar-refractivity contribution is 7.99. The van der Waals surface area contributed by atoms with Gasteiger partial charge in [-0.05, 0) is 37.4 Å². The number of aromatic nitrogens is 2. The number of nitrogen functional groups attached to an aromatic ring is 1. The summed E-state index contributed by atoms with van der Waals surface area (Å²) in [5.41, 5.74) is 6.59. The molecule has 2 aromatic carbocycles.